The van der Waals surface area contributed by atoms with Crippen LogP contribution in [0, 0.1) is 13.8 Å². The molecule has 1 aromatic carbocycles. The van der Waals surface area contributed by atoms with E-state index in [2.05, 4.69) is 44.5 Å². The largest absolute Gasteiger partial charge is 0.377 e. The van der Waals surface area contributed by atoms with E-state index < -0.39 is 0 Å². The van der Waals surface area contributed by atoms with Gasteiger partial charge in [0.15, 0.2) is 0 Å². The van der Waals surface area contributed by atoms with E-state index in [1.54, 1.807) is 29.5 Å². The van der Waals surface area contributed by atoms with Crippen molar-refractivity contribution in [3.63, 3.8) is 0 Å². The van der Waals surface area contributed by atoms with Crippen LogP contribution in [0.3, 0.4) is 0 Å². The zero-order valence-corrected chi connectivity index (χ0v) is 20.3. The second-order valence-electron chi connectivity index (χ2n) is 8.59. The fourth-order valence-corrected chi connectivity index (χ4v) is 3.68. The lowest BCUT2D eigenvalue weighted by molar-refractivity contribution is 0.102. The van der Waals surface area contributed by atoms with Gasteiger partial charge in [-0.25, -0.2) is 4.98 Å². The topological polar surface area (TPSA) is 96.8 Å². The van der Waals surface area contributed by atoms with Crippen LogP contribution < -0.4 is 16.0 Å². The van der Waals surface area contributed by atoms with Crippen molar-refractivity contribution >= 4 is 28.8 Å². The highest BCUT2D eigenvalue weighted by Gasteiger charge is 2.11. The first kappa shape index (κ1) is 23.7. The maximum atomic E-state index is 12.6. The van der Waals surface area contributed by atoms with Crippen LogP contribution in [0.4, 0.5) is 17.2 Å². The number of hydrogen-bond acceptors (Lipinski definition) is 6. The number of aromatic nitrogens is 4. The summed E-state index contributed by atoms with van der Waals surface area (Å²) in [5.74, 6) is 0.558. The summed E-state index contributed by atoms with van der Waals surface area (Å²) in [5.41, 5.74) is 6.77. The van der Waals surface area contributed by atoms with Gasteiger partial charge in [-0.1, -0.05) is 18.7 Å². The highest BCUT2D eigenvalue weighted by Crippen LogP contribution is 2.25. The molecule has 178 valence electrons. The van der Waals surface area contributed by atoms with Gasteiger partial charge in [0.05, 0.1) is 23.6 Å². The molecule has 0 spiro atoms. The van der Waals surface area contributed by atoms with Gasteiger partial charge in [-0.3, -0.25) is 14.5 Å². The minimum atomic E-state index is -0.185. The first-order chi connectivity index (χ1) is 16.8. The number of amides is 1. The predicted octanol–water partition coefficient (Wildman–Crippen LogP) is 5.34. The molecule has 3 heterocycles. The normalized spacial score (nSPS) is 11.5. The van der Waals surface area contributed by atoms with Crippen molar-refractivity contribution < 1.29 is 4.79 Å². The van der Waals surface area contributed by atoms with Crippen LogP contribution in [0.1, 0.15) is 45.6 Å². The Balaban J connectivity index is 1.41. The molecule has 0 fully saturated rings. The molecule has 35 heavy (non-hydrogen) atoms. The molecular formula is C27H29N7O. The first-order valence-corrected chi connectivity index (χ1v) is 11.3. The van der Waals surface area contributed by atoms with E-state index in [4.69, 9.17) is 0 Å². The minimum absolute atomic E-state index is 0.00199. The summed E-state index contributed by atoms with van der Waals surface area (Å²) in [7, 11) is 1.87. The summed E-state index contributed by atoms with van der Waals surface area (Å²) in [6, 6.07) is 11.6. The molecule has 0 radical (unpaired) electrons. The van der Waals surface area contributed by atoms with E-state index in [-0.39, 0.29) is 11.9 Å². The number of carbonyl (C=O) groups is 1. The number of carbonyl (C=O) groups excluding carboxylic acids is 1. The van der Waals surface area contributed by atoms with Gasteiger partial charge >= 0.3 is 0 Å². The Kier molecular flexibility index (Phi) is 6.91. The van der Waals surface area contributed by atoms with Crippen LogP contribution in [0.2, 0.25) is 0 Å². The third kappa shape index (κ3) is 5.92. The van der Waals surface area contributed by atoms with Crippen LogP contribution in [-0.2, 0) is 7.05 Å². The summed E-state index contributed by atoms with van der Waals surface area (Å²) in [6.07, 6.45) is 8.74. The lowest BCUT2D eigenvalue weighted by Gasteiger charge is -2.18. The van der Waals surface area contributed by atoms with Gasteiger partial charge < -0.3 is 16.0 Å². The van der Waals surface area contributed by atoms with Crippen LogP contribution >= 0.6 is 0 Å². The second-order valence-corrected chi connectivity index (χ2v) is 8.59. The fourth-order valence-electron chi connectivity index (χ4n) is 3.68. The highest BCUT2D eigenvalue weighted by molar-refractivity contribution is 6.04. The quantitative estimate of drug-likeness (QED) is 0.324. The van der Waals surface area contributed by atoms with Crippen molar-refractivity contribution in [3.8, 4) is 0 Å². The van der Waals surface area contributed by atoms with Crippen molar-refractivity contribution in [3.05, 3.63) is 102 Å². The molecule has 1 amide bonds. The van der Waals surface area contributed by atoms with Crippen LogP contribution in [0.15, 0.2) is 74.0 Å². The third-order valence-electron chi connectivity index (χ3n) is 5.57. The van der Waals surface area contributed by atoms with Gasteiger partial charge in [-0.2, -0.15) is 5.10 Å². The summed E-state index contributed by atoms with van der Waals surface area (Å²) >= 11 is 0. The Bertz CT molecular complexity index is 1380. The van der Waals surface area contributed by atoms with Crippen molar-refractivity contribution in [2.75, 3.05) is 16.0 Å². The third-order valence-corrected chi connectivity index (χ3v) is 5.57. The van der Waals surface area contributed by atoms with E-state index >= 15 is 0 Å². The Labute approximate surface area is 205 Å². The van der Waals surface area contributed by atoms with E-state index in [0.717, 1.165) is 45.1 Å². The molecule has 1 atom stereocenters. The molecule has 0 saturated heterocycles. The van der Waals surface area contributed by atoms with Gasteiger partial charge in [0.1, 0.15) is 5.82 Å². The number of nitrogens with zero attached hydrogens (tertiary/aromatic N) is 4. The monoisotopic (exact) mass is 467 g/mol. The minimum Gasteiger partial charge on any atom is -0.377 e. The average Bonchev–Trinajstić information content (AvgIpc) is 3.27. The van der Waals surface area contributed by atoms with Crippen molar-refractivity contribution in [1.29, 1.82) is 0 Å². The average molecular weight is 468 g/mol. The molecule has 0 saturated carbocycles. The summed E-state index contributed by atoms with van der Waals surface area (Å²) in [6.45, 7) is 10.1. The smallest absolute Gasteiger partial charge is 0.257 e. The molecule has 8 heteroatoms. The van der Waals surface area contributed by atoms with Crippen molar-refractivity contribution in [2.45, 2.75) is 26.8 Å². The SMILES string of the molecule is C=C(Nc1ncc(NC(C)c2cccc(NC(=O)c3cncc(C)c3)c2)cc1C)c1cnn(C)c1. The molecule has 4 rings (SSSR count). The number of pyridine rings is 2. The molecule has 8 nitrogen and oxygen atoms in total. The van der Waals surface area contributed by atoms with E-state index in [1.165, 1.54) is 0 Å². The molecule has 0 aliphatic heterocycles. The number of hydrogen-bond donors (Lipinski definition) is 3. The number of nitrogens with one attached hydrogen (secondary N) is 3. The van der Waals surface area contributed by atoms with Crippen LogP contribution in [-0.4, -0.2) is 25.7 Å². The first-order valence-electron chi connectivity index (χ1n) is 11.3. The molecular weight excluding hydrogens is 438 g/mol. The predicted molar refractivity (Wildman–Crippen MR) is 140 cm³/mol. The molecule has 1 unspecified atom stereocenters. The van der Waals surface area contributed by atoms with E-state index in [9.17, 15) is 4.79 Å². The lowest BCUT2D eigenvalue weighted by Crippen LogP contribution is -2.13. The van der Waals surface area contributed by atoms with Gasteiger partial charge in [0.25, 0.3) is 5.91 Å². The number of anilines is 3. The molecule has 0 aliphatic rings. The maximum absolute atomic E-state index is 12.6. The number of benzene rings is 1. The Morgan fingerprint density at radius 3 is 2.54 bits per heavy atom. The van der Waals surface area contributed by atoms with Gasteiger partial charge in [0.2, 0.25) is 0 Å². The highest BCUT2D eigenvalue weighted by atomic mass is 16.1. The standard InChI is InChI=1S/C27H29N7O/c1-17-9-22(13-28-12-17)27(35)33-24-8-6-7-21(11-24)19(3)31-25-10-18(2)26(29-15-25)32-20(4)23-14-30-34(5)16-23/h6-16,19,31H,4H2,1-3,5H3,(H,29,32)(H,33,35). The fraction of sp³-hybridized carbons (Fsp3) is 0.185. The zero-order chi connectivity index (χ0) is 24.9. The summed E-state index contributed by atoms with van der Waals surface area (Å²) in [5, 5.41) is 13.9. The van der Waals surface area contributed by atoms with Crippen LogP contribution in [0.25, 0.3) is 5.70 Å². The Morgan fingerprint density at radius 1 is 1.00 bits per heavy atom. The number of rotatable bonds is 8. The molecule has 3 N–H and O–H groups in total. The summed E-state index contributed by atoms with van der Waals surface area (Å²) in [4.78, 5) is 21.2. The second kappa shape index (κ2) is 10.2. The molecule has 4 aromatic rings. The number of aryl methyl sites for hydroxylation is 3. The van der Waals surface area contributed by atoms with E-state index in [0.29, 0.717) is 5.56 Å². The zero-order valence-electron chi connectivity index (χ0n) is 20.3. The Hall–Kier alpha value is -4.46. The summed E-state index contributed by atoms with van der Waals surface area (Å²) < 4.78 is 1.73. The van der Waals surface area contributed by atoms with Gasteiger partial charge in [-0.15, -0.1) is 0 Å². The molecule has 3 aromatic heterocycles. The van der Waals surface area contributed by atoms with Crippen LogP contribution in [0.5, 0.6) is 0 Å². The molecule has 0 bridgehead atoms. The van der Waals surface area contributed by atoms with Crippen molar-refractivity contribution in [1.82, 2.24) is 19.7 Å². The Morgan fingerprint density at radius 2 is 1.83 bits per heavy atom. The lowest BCUT2D eigenvalue weighted by atomic mass is 10.1. The maximum Gasteiger partial charge on any atom is 0.257 e. The van der Waals surface area contributed by atoms with Gasteiger partial charge in [0, 0.05) is 48.6 Å². The van der Waals surface area contributed by atoms with Crippen molar-refractivity contribution in [2.24, 2.45) is 7.05 Å². The van der Waals surface area contributed by atoms with Gasteiger partial charge in [-0.05, 0) is 61.7 Å². The van der Waals surface area contributed by atoms with E-state index in [1.807, 2.05) is 63.5 Å². The molecule has 0 aliphatic carbocycles.